The molecule has 1 saturated heterocycles. The molecule has 1 heterocycles. The van der Waals surface area contributed by atoms with Crippen LogP contribution in [0.2, 0.25) is 0 Å². The average Bonchev–Trinajstić information content (AvgIpc) is 2.59. The number of carbonyl (C=O) groups is 2. The molecule has 0 bridgehead atoms. The van der Waals surface area contributed by atoms with Gasteiger partial charge in [-0.25, -0.2) is 0 Å². The number of benzene rings is 1. The molecule has 1 aliphatic rings. The van der Waals surface area contributed by atoms with Gasteiger partial charge in [0, 0.05) is 25.9 Å². The molecule has 2 rings (SSSR count). The molecule has 0 aliphatic carbocycles. The van der Waals surface area contributed by atoms with Gasteiger partial charge in [-0.05, 0) is 24.0 Å². The minimum atomic E-state index is -0.0708. The molecule has 1 N–H and O–H groups in total. The van der Waals surface area contributed by atoms with Crippen LogP contribution in [0.1, 0.15) is 43.9 Å². The van der Waals surface area contributed by atoms with E-state index in [1.807, 2.05) is 12.1 Å². The van der Waals surface area contributed by atoms with Gasteiger partial charge in [0.1, 0.15) is 0 Å². The Morgan fingerprint density at radius 2 is 1.83 bits per heavy atom. The summed E-state index contributed by atoms with van der Waals surface area (Å²) in [5, 5.41) is 3.10. The Kier molecular flexibility index (Phi) is 6.79. The van der Waals surface area contributed by atoms with Crippen LogP contribution in [-0.4, -0.2) is 43.0 Å². The lowest BCUT2D eigenvalue weighted by molar-refractivity contribution is -0.137. The summed E-state index contributed by atoms with van der Waals surface area (Å²) in [6.45, 7) is 8.66. The molecule has 2 amide bonds. The maximum Gasteiger partial charge on any atom is 0.223 e. The molecule has 132 valence electrons. The number of aryl methyl sites for hydroxylation is 1. The lowest BCUT2D eigenvalue weighted by Crippen LogP contribution is -2.41. The first-order valence-corrected chi connectivity index (χ1v) is 8.69. The van der Waals surface area contributed by atoms with E-state index in [2.05, 4.69) is 38.2 Å². The van der Waals surface area contributed by atoms with Crippen LogP contribution in [0.15, 0.2) is 24.3 Å². The number of ether oxygens (including phenoxy) is 1. The van der Waals surface area contributed by atoms with Crippen molar-refractivity contribution in [3.63, 3.8) is 0 Å². The van der Waals surface area contributed by atoms with Crippen molar-refractivity contribution in [1.29, 1.82) is 0 Å². The highest BCUT2D eigenvalue weighted by atomic mass is 16.5. The van der Waals surface area contributed by atoms with Crippen molar-refractivity contribution < 1.29 is 14.3 Å². The van der Waals surface area contributed by atoms with Gasteiger partial charge < -0.3 is 15.0 Å². The number of morpholine rings is 1. The molecule has 5 nitrogen and oxygen atoms in total. The summed E-state index contributed by atoms with van der Waals surface area (Å²) < 4.78 is 5.24. The molecule has 1 aromatic carbocycles. The zero-order valence-corrected chi connectivity index (χ0v) is 14.9. The van der Waals surface area contributed by atoms with Crippen LogP contribution in [-0.2, 0) is 14.3 Å². The van der Waals surface area contributed by atoms with E-state index in [0.29, 0.717) is 26.3 Å². The molecule has 0 unspecified atom stereocenters. The van der Waals surface area contributed by atoms with Gasteiger partial charge in [0.2, 0.25) is 11.8 Å². The standard InChI is InChI=1S/C19H28N2O3/c1-14(2)19(16-7-5-4-6-15(16)3)20-17(22)8-9-18(23)21-10-12-24-13-11-21/h4-7,14,19H,8-13H2,1-3H3,(H,20,22)/t19-/m1/s1. The third-order valence-corrected chi connectivity index (χ3v) is 4.44. The Morgan fingerprint density at radius 3 is 2.46 bits per heavy atom. The van der Waals surface area contributed by atoms with Gasteiger partial charge in [0.15, 0.2) is 0 Å². The summed E-state index contributed by atoms with van der Waals surface area (Å²) in [5.41, 5.74) is 2.31. The topological polar surface area (TPSA) is 58.6 Å². The van der Waals surface area contributed by atoms with Crippen molar-refractivity contribution in [3.05, 3.63) is 35.4 Å². The van der Waals surface area contributed by atoms with Crippen LogP contribution in [0.25, 0.3) is 0 Å². The Balaban J connectivity index is 1.89. The third-order valence-electron chi connectivity index (χ3n) is 4.44. The average molecular weight is 332 g/mol. The number of amides is 2. The number of carbonyl (C=O) groups excluding carboxylic acids is 2. The summed E-state index contributed by atoms with van der Waals surface area (Å²) in [7, 11) is 0. The Bertz CT molecular complexity index is 565. The molecule has 1 fully saturated rings. The summed E-state index contributed by atoms with van der Waals surface area (Å²) in [6, 6.07) is 8.07. The fraction of sp³-hybridized carbons (Fsp3) is 0.579. The van der Waals surface area contributed by atoms with Crippen molar-refractivity contribution in [2.45, 2.75) is 39.7 Å². The largest absolute Gasteiger partial charge is 0.378 e. The smallest absolute Gasteiger partial charge is 0.223 e. The first-order chi connectivity index (χ1) is 11.5. The minimum absolute atomic E-state index is 0.0304. The van der Waals surface area contributed by atoms with Crippen molar-refractivity contribution >= 4 is 11.8 Å². The molecule has 0 spiro atoms. The summed E-state index contributed by atoms with van der Waals surface area (Å²) in [5.74, 6) is 0.244. The molecule has 1 aliphatic heterocycles. The molecule has 0 saturated carbocycles. The minimum Gasteiger partial charge on any atom is -0.378 e. The van der Waals surface area contributed by atoms with Gasteiger partial charge in [-0.15, -0.1) is 0 Å². The second-order valence-corrected chi connectivity index (χ2v) is 6.64. The van der Waals surface area contributed by atoms with Crippen LogP contribution < -0.4 is 5.32 Å². The summed E-state index contributed by atoms with van der Waals surface area (Å²) in [6.07, 6.45) is 0.482. The predicted octanol–water partition coefficient (Wildman–Crippen LogP) is 2.45. The lowest BCUT2D eigenvalue weighted by Gasteiger charge is -2.27. The van der Waals surface area contributed by atoms with Crippen LogP contribution in [0, 0.1) is 12.8 Å². The molecular weight excluding hydrogens is 304 g/mol. The number of hydrogen-bond acceptors (Lipinski definition) is 3. The van der Waals surface area contributed by atoms with E-state index >= 15 is 0 Å². The van der Waals surface area contributed by atoms with Crippen molar-refractivity contribution in [2.75, 3.05) is 26.3 Å². The van der Waals surface area contributed by atoms with Gasteiger partial charge in [-0.3, -0.25) is 9.59 Å². The Labute approximate surface area is 144 Å². The SMILES string of the molecule is Cc1ccccc1[C@H](NC(=O)CCC(=O)N1CCOCC1)C(C)C. The van der Waals surface area contributed by atoms with E-state index in [9.17, 15) is 9.59 Å². The van der Waals surface area contributed by atoms with Gasteiger partial charge >= 0.3 is 0 Å². The van der Waals surface area contributed by atoms with Crippen molar-refractivity contribution in [2.24, 2.45) is 5.92 Å². The second kappa shape index (κ2) is 8.83. The fourth-order valence-corrected chi connectivity index (χ4v) is 2.98. The zero-order valence-electron chi connectivity index (χ0n) is 14.9. The highest BCUT2D eigenvalue weighted by molar-refractivity contribution is 5.84. The molecule has 1 atom stereocenters. The first kappa shape index (κ1) is 18.5. The second-order valence-electron chi connectivity index (χ2n) is 6.64. The Hall–Kier alpha value is -1.88. The van der Waals surface area contributed by atoms with Crippen molar-refractivity contribution in [3.8, 4) is 0 Å². The van der Waals surface area contributed by atoms with Crippen molar-refractivity contribution in [1.82, 2.24) is 10.2 Å². The fourth-order valence-electron chi connectivity index (χ4n) is 2.98. The van der Waals surface area contributed by atoms with Gasteiger partial charge in [-0.2, -0.15) is 0 Å². The highest BCUT2D eigenvalue weighted by Gasteiger charge is 2.21. The van der Waals surface area contributed by atoms with Crippen LogP contribution in [0.5, 0.6) is 0 Å². The van der Waals surface area contributed by atoms with E-state index in [0.717, 1.165) is 5.56 Å². The van der Waals surface area contributed by atoms with Gasteiger partial charge in [-0.1, -0.05) is 38.1 Å². The summed E-state index contributed by atoms with van der Waals surface area (Å²) >= 11 is 0. The highest BCUT2D eigenvalue weighted by Crippen LogP contribution is 2.24. The maximum atomic E-state index is 12.3. The van der Waals surface area contributed by atoms with Crippen LogP contribution >= 0.6 is 0 Å². The molecule has 0 radical (unpaired) electrons. The quantitative estimate of drug-likeness (QED) is 0.870. The number of nitrogens with one attached hydrogen (secondary N) is 1. The summed E-state index contributed by atoms with van der Waals surface area (Å²) in [4.78, 5) is 26.2. The van der Waals surface area contributed by atoms with E-state index < -0.39 is 0 Å². The van der Waals surface area contributed by atoms with Gasteiger partial charge in [0.05, 0.1) is 19.3 Å². The first-order valence-electron chi connectivity index (χ1n) is 8.69. The predicted molar refractivity (Wildman–Crippen MR) is 93.5 cm³/mol. The van der Waals surface area contributed by atoms with E-state index in [1.165, 1.54) is 5.56 Å². The number of rotatable bonds is 6. The molecule has 1 aromatic rings. The van der Waals surface area contributed by atoms with Gasteiger partial charge in [0.25, 0.3) is 0 Å². The third kappa shape index (κ3) is 5.06. The molecule has 24 heavy (non-hydrogen) atoms. The lowest BCUT2D eigenvalue weighted by atomic mass is 9.92. The van der Waals surface area contributed by atoms with E-state index in [4.69, 9.17) is 4.74 Å². The van der Waals surface area contributed by atoms with Crippen LogP contribution in [0.4, 0.5) is 0 Å². The normalized spacial score (nSPS) is 16.1. The monoisotopic (exact) mass is 332 g/mol. The zero-order chi connectivity index (χ0) is 17.5. The molecule has 5 heteroatoms. The van der Waals surface area contributed by atoms with E-state index in [-0.39, 0.29) is 36.6 Å². The van der Waals surface area contributed by atoms with Crippen LogP contribution in [0.3, 0.4) is 0 Å². The number of hydrogen-bond donors (Lipinski definition) is 1. The number of nitrogens with zero attached hydrogens (tertiary/aromatic N) is 1. The Morgan fingerprint density at radius 1 is 1.17 bits per heavy atom. The molecule has 0 aromatic heterocycles. The maximum absolute atomic E-state index is 12.3. The molecular formula is C19H28N2O3. The van der Waals surface area contributed by atoms with E-state index in [1.54, 1.807) is 4.90 Å².